The van der Waals surface area contributed by atoms with Crippen LogP contribution in [-0.2, 0) is 11.2 Å². The van der Waals surface area contributed by atoms with Crippen molar-refractivity contribution in [3.05, 3.63) is 35.6 Å². The van der Waals surface area contributed by atoms with Crippen LogP contribution >= 0.6 is 15.9 Å². The molecule has 0 atom stereocenters. The molecule has 0 aliphatic heterocycles. The van der Waals surface area contributed by atoms with Gasteiger partial charge in [0.1, 0.15) is 5.82 Å². The second kappa shape index (κ2) is 5.17. The predicted molar refractivity (Wildman–Crippen MR) is 68.6 cm³/mol. The molecule has 0 heterocycles. The highest BCUT2D eigenvalue weighted by atomic mass is 79.9. The van der Waals surface area contributed by atoms with Crippen molar-refractivity contribution in [2.24, 2.45) is 0 Å². The Hall–Kier alpha value is -0.900. The number of benzene rings is 1. The van der Waals surface area contributed by atoms with Crippen LogP contribution in [0.2, 0.25) is 0 Å². The highest BCUT2D eigenvalue weighted by Crippen LogP contribution is 2.33. The maximum absolute atomic E-state index is 12.7. The Balaban J connectivity index is 1.91. The summed E-state index contributed by atoms with van der Waals surface area (Å²) in [5, 5.41) is 3.86. The minimum atomic E-state index is -0.273. The van der Waals surface area contributed by atoms with Gasteiger partial charge in [-0.15, -0.1) is 0 Å². The van der Waals surface area contributed by atoms with Crippen LogP contribution in [0, 0.1) is 5.82 Å². The van der Waals surface area contributed by atoms with Crippen LogP contribution in [0.1, 0.15) is 24.8 Å². The first-order valence-electron chi connectivity index (χ1n) is 5.75. The molecule has 1 aliphatic carbocycles. The Kier molecular flexibility index (Phi) is 3.82. The van der Waals surface area contributed by atoms with Crippen LogP contribution < -0.4 is 5.32 Å². The van der Waals surface area contributed by atoms with Crippen molar-refractivity contribution < 1.29 is 9.18 Å². The average molecular weight is 300 g/mol. The number of amides is 1. The van der Waals surface area contributed by atoms with Gasteiger partial charge in [-0.1, -0.05) is 28.1 Å². The summed E-state index contributed by atoms with van der Waals surface area (Å²) in [6.07, 6.45) is 3.55. The van der Waals surface area contributed by atoms with Gasteiger partial charge in [0.2, 0.25) is 5.91 Å². The normalized spacial score (nSPS) is 17.3. The third-order valence-corrected chi connectivity index (χ3v) is 4.32. The topological polar surface area (TPSA) is 29.1 Å². The number of carbonyl (C=O) groups is 1. The van der Waals surface area contributed by atoms with Gasteiger partial charge < -0.3 is 5.32 Å². The maximum Gasteiger partial charge on any atom is 0.224 e. The summed E-state index contributed by atoms with van der Waals surface area (Å²) in [5.74, 6) is -0.263. The van der Waals surface area contributed by atoms with E-state index >= 15 is 0 Å². The summed E-state index contributed by atoms with van der Waals surface area (Å²) in [4.78, 5) is 11.8. The molecule has 0 radical (unpaired) electrons. The van der Waals surface area contributed by atoms with Crippen LogP contribution in [-0.4, -0.2) is 16.8 Å². The summed E-state index contributed by atoms with van der Waals surface area (Å²) in [6, 6.07) is 6.06. The lowest BCUT2D eigenvalue weighted by atomic mass is 9.78. The van der Waals surface area contributed by atoms with Crippen LogP contribution in [0.15, 0.2) is 24.3 Å². The lowest BCUT2D eigenvalue weighted by Gasteiger charge is -2.41. The molecule has 0 saturated heterocycles. The van der Waals surface area contributed by atoms with Crippen LogP contribution in [0.4, 0.5) is 4.39 Å². The first-order chi connectivity index (χ1) is 8.13. The highest BCUT2D eigenvalue weighted by molar-refractivity contribution is 9.09. The van der Waals surface area contributed by atoms with Crippen molar-refractivity contribution in [1.29, 1.82) is 0 Å². The molecule has 1 fully saturated rings. The molecule has 1 aromatic rings. The van der Waals surface area contributed by atoms with E-state index in [-0.39, 0.29) is 17.3 Å². The van der Waals surface area contributed by atoms with E-state index in [9.17, 15) is 9.18 Å². The Morgan fingerprint density at radius 3 is 2.47 bits per heavy atom. The van der Waals surface area contributed by atoms with Crippen molar-refractivity contribution in [1.82, 2.24) is 5.32 Å². The molecule has 92 valence electrons. The SMILES string of the molecule is O=C(Cc1ccc(F)cc1)NC1(CBr)CCC1. The molecule has 1 aliphatic rings. The van der Waals surface area contributed by atoms with Gasteiger partial charge in [0.05, 0.1) is 6.42 Å². The number of carbonyl (C=O) groups excluding carboxylic acids is 1. The van der Waals surface area contributed by atoms with Gasteiger partial charge in [0, 0.05) is 10.9 Å². The molecule has 1 aromatic carbocycles. The molecular formula is C13H15BrFNO. The first-order valence-corrected chi connectivity index (χ1v) is 6.87. The fraction of sp³-hybridized carbons (Fsp3) is 0.462. The first kappa shape index (κ1) is 12.6. The van der Waals surface area contributed by atoms with Gasteiger partial charge >= 0.3 is 0 Å². The fourth-order valence-corrected chi connectivity index (χ4v) is 2.72. The third kappa shape index (κ3) is 3.06. The molecule has 0 aromatic heterocycles. The summed E-state index contributed by atoms with van der Waals surface area (Å²) in [7, 11) is 0. The van der Waals surface area contributed by atoms with Crippen molar-refractivity contribution in [3.8, 4) is 0 Å². The van der Waals surface area contributed by atoms with E-state index < -0.39 is 0 Å². The van der Waals surface area contributed by atoms with E-state index in [4.69, 9.17) is 0 Å². The number of rotatable bonds is 4. The second-order valence-electron chi connectivity index (χ2n) is 4.62. The Bertz CT molecular complexity index is 395. The molecule has 0 bridgehead atoms. The molecule has 1 amide bonds. The minimum Gasteiger partial charge on any atom is -0.350 e. The van der Waals surface area contributed by atoms with Crippen molar-refractivity contribution in [3.63, 3.8) is 0 Å². The molecule has 1 saturated carbocycles. The summed E-state index contributed by atoms with van der Waals surface area (Å²) < 4.78 is 12.7. The number of hydrogen-bond donors (Lipinski definition) is 1. The molecule has 17 heavy (non-hydrogen) atoms. The molecule has 4 heteroatoms. The van der Waals surface area contributed by atoms with Gasteiger partial charge in [-0.3, -0.25) is 4.79 Å². The highest BCUT2D eigenvalue weighted by Gasteiger charge is 2.36. The van der Waals surface area contributed by atoms with Crippen LogP contribution in [0.5, 0.6) is 0 Å². The predicted octanol–water partition coefficient (Wildman–Crippen LogP) is 2.80. The molecular weight excluding hydrogens is 285 g/mol. The van der Waals surface area contributed by atoms with Crippen molar-refractivity contribution in [2.45, 2.75) is 31.2 Å². The van der Waals surface area contributed by atoms with E-state index in [1.165, 1.54) is 18.6 Å². The number of hydrogen-bond acceptors (Lipinski definition) is 1. The van der Waals surface area contributed by atoms with E-state index in [2.05, 4.69) is 21.2 Å². The van der Waals surface area contributed by atoms with Crippen molar-refractivity contribution in [2.75, 3.05) is 5.33 Å². The lowest BCUT2D eigenvalue weighted by Crippen LogP contribution is -2.55. The summed E-state index contributed by atoms with van der Waals surface area (Å²) in [6.45, 7) is 0. The zero-order valence-corrected chi connectivity index (χ0v) is 11.1. The molecule has 2 rings (SSSR count). The summed E-state index contributed by atoms with van der Waals surface area (Å²) >= 11 is 3.44. The van der Waals surface area contributed by atoms with Crippen molar-refractivity contribution >= 4 is 21.8 Å². The van der Waals surface area contributed by atoms with E-state index in [0.717, 1.165) is 23.7 Å². The van der Waals surface area contributed by atoms with Gasteiger partial charge in [0.25, 0.3) is 0 Å². The van der Waals surface area contributed by atoms with E-state index in [1.54, 1.807) is 12.1 Å². The van der Waals surface area contributed by atoms with Gasteiger partial charge in [-0.05, 0) is 37.0 Å². The maximum atomic E-state index is 12.7. The quantitative estimate of drug-likeness (QED) is 0.851. The van der Waals surface area contributed by atoms with Crippen LogP contribution in [0.3, 0.4) is 0 Å². The monoisotopic (exact) mass is 299 g/mol. The van der Waals surface area contributed by atoms with E-state index in [0.29, 0.717) is 6.42 Å². The van der Waals surface area contributed by atoms with Gasteiger partial charge in [-0.25, -0.2) is 4.39 Å². The molecule has 1 N–H and O–H groups in total. The third-order valence-electron chi connectivity index (χ3n) is 3.25. The van der Waals surface area contributed by atoms with Crippen LogP contribution in [0.25, 0.3) is 0 Å². The average Bonchev–Trinajstić information content (AvgIpc) is 2.27. The lowest BCUT2D eigenvalue weighted by molar-refractivity contribution is -0.123. The second-order valence-corrected chi connectivity index (χ2v) is 5.18. The van der Waals surface area contributed by atoms with Gasteiger partial charge in [-0.2, -0.15) is 0 Å². The molecule has 0 spiro atoms. The molecule has 0 unspecified atom stereocenters. The smallest absolute Gasteiger partial charge is 0.224 e. The Labute approximate surface area is 109 Å². The molecule has 2 nitrogen and oxygen atoms in total. The largest absolute Gasteiger partial charge is 0.350 e. The number of halogens is 2. The number of nitrogens with one attached hydrogen (secondary N) is 1. The number of alkyl halides is 1. The minimum absolute atomic E-state index is 0.00996. The Morgan fingerprint density at radius 2 is 2.00 bits per heavy atom. The zero-order valence-electron chi connectivity index (χ0n) is 9.51. The van der Waals surface area contributed by atoms with E-state index in [1.807, 2.05) is 0 Å². The zero-order chi connectivity index (χ0) is 12.3. The Morgan fingerprint density at radius 1 is 1.35 bits per heavy atom. The fourth-order valence-electron chi connectivity index (χ4n) is 2.02. The summed E-state index contributed by atoms with van der Waals surface area (Å²) in [5.41, 5.74) is 0.796. The standard InChI is InChI=1S/C13H15BrFNO/c14-9-13(6-1-7-13)16-12(17)8-10-2-4-11(15)5-3-10/h2-5H,1,6-9H2,(H,16,17). The van der Waals surface area contributed by atoms with Gasteiger partial charge in [0.15, 0.2) is 0 Å².